The van der Waals surface area contributed by atoms with Gasteiger partial charge in [-0.15, -0.1) is 0 Å². The molecular formula is C23H24N4O7S2. The normalized spacial score (nSPS) is 18.4. The van der Waals surface area contributed by atoms with E-state index >= 15 is 0 Å². The van der Waals surface area contributed by atoms with Crippen LogP contribution in [0.5, 0.6) is 5.75 Å². The average Bonchev–Trinajstić information content (AvgIpc) is 3.47. The molecule has 5 rings (SSSR count). The van der Waals surface area contributed by atoms with E-state index < -0.39 is 15.7 Å². The number of nitrogens with one attached hydrogen (secondary N) is 1. The Hall–Kier alpha value is -3.13. The maximum Gasteiger partial charge on any atom is 0.280 e. The highest BCUT2D eigenvalue weighted by Crippen LogP contribution is 2.34. The molecule has 13 heteroatoms. The van der Waals surface area contributed by atoms with Gasteiger partial charge < -0.3 is 19.4 Å². The van der Waals surface area contributed by atoms with E-state index in [1.54, 1.807) is 24.4 Å². The summed E-state index contributed by atoms with van der Waals surface area (Å²) in [5, 5.41) is 15.8. The standard InChI is InChI=1S/C23H24N4O7S2/c28-10-12-33-18-7-9-24-22-20(18)25-23(35-22)26-21(29)19(27-34-15-8-11-32-13-15)14-1-3-16(4-2-14)36(30,31)17-5-6-17/h1-4,7,9,15,17,28H,5-6,8,10-13H2,(H,25,26,29)/b27-19+/t15-/m1/s1. The lowest BCUT2D eigenvalue weighted by atomic mass is 10.1. The topological polar surface area (TPSA) is 149 Å². The van der Waals surface area contributed by atoms with Crippen molar-refractivity contribution in [3.8, 4) is 5.75 Å². The third-order valence-corrected chi connectivity index (χ3v) is 8.80. The number of sulfone groups is 1. The summed E-state index contributed by atoms with van der Waals surface area (Å²) in [4.78, 5) is 28.3. The van der Waals surface area contributed by atoms with Gasteiger partial charge in [-0.25, -0.2) is 18.4 Å². The number of pyridine rings is 1. The number of rotatable bonds is 10. The first kappa shape index (κ1) is 24.6. The molecule has 0 radical (unpaired) electrons. The van der Waals surface area contributed by atoms with Crippen LogP contribution < -0.4 is 10.1 Å². The number of amides is 1. The largest absolute Gasteiger partial charge is 0.489 e. The molecule has 1 saturated heterocycles. The van der Waals surface area contributed by atoms with Crippen LogP contribution in [0.25, 0.3) is 10.3 Å². The zero-order valence-electron chi connectivity index (χ0n) is 19.1. The summed E-state index contributed by atoms with van der Waals surface area (Å²) in [6, 6.07) is 7.69. The second kappa shape index (κ2) is 10.5. The number of aliphatic hydroxyl groups excluding tert-OH is 1. The fourth-order valence-electron chi connectivity index (χ4n) is 3.62. The predicted octanol–water partition coefficient (Wildman–Crippen LogP) is 2.15. The van der Waals surface area contributed by atoms with Gasteiger partial charge in [-0.3, -0.25) is 10.1 Å². The van der Waals surface area contributed by atoms with Crippen molar-refractivity contribution < 1.29 is 32.6 Å². The van der Waals surface area contributed by atoms with E-state index in [0.717, 1.165) is 11.3 Å². The number of thiazole rings is 1. The predicted molar refractivity (Wildman–Crippen MR) is 132 cm³/mol. The number of hydrogen-bond donors (Lipinski definition) is 2. The third-order valence-electron chi connectivity index (χ3n) is 5.65. The molecule has 1 amide bonds. The molecule has 2 fully saturated rings. The van der Waals surface area contributed by atoms with Gasteiger partial charge in [0.25, 0.3) is 5.91 Å². The van der Waals surface area contributed by atoms with E-state index in [1.807, 2.05) is 0 Å². The summed E-state index contributed by atoms with van der Waals surface area (Å²) < 4.78 is 35.9. The molecule has 36 heavy (non-hydrogen) atoms. The zero-order chi connectivity index (χ0) is 25.1. The van der Waals surface area contributed by atoms with Crippen LogP contribution in [-0.4, -0.2) is 72.9 Å². The molecule has 2 aromatic heterocycles. The smallest absolute Gasteiger partial charge is 0.280 e. The molecule has 1 atom stereocenters. The fourth-order valence-corrected chi connectivity index (χ4v) is 6.09. The lowest BCUT2D eigenvalue weighted by molar-refractivity contribution is -0.110. The highest BCUT2D eigenvalue weighted by molar-refractivity contribution is 7.92. The van der Waals surface area contributed by atoms with Gasteiger partial charge in [0.2, 0.25) is 0 Å². The molecule has 0 unspecified atom stereocenters. The Morgan fingerprint density at radius 1 is 1.22 bits per heavy atom. The van der Waals surface area contributed by atoms with Crippen LogP contribution in [0.1, 0.15) is 24.8 Å². The molecule has 0 bridgehead atoms. The lowest BCUT2D eigenvalue weighted by Gasteiger charge is -2.10. The quantitative estimate of drug-likeness (QED) is 0.296. The minimum atomic E-state index is -3.36. The van der Waals surface area contributed by atoms with Crippen molar-refractivity contribution >= 4 is 48.3 Å². The summed E-state index contributed by atoms with van der Waals surface area (Å²) in [5.74, 6) is -0.139. The number of benzene rings is 1. The molecule has 2 N–H and O–H groups in total. The number of aliphatic hydroxyl groups is 1. The summed E-state index contributed by atoms with van der Waals surface area (Å²) in [5.41, 5.74) is 0.826. The van der Waals surface area contributed by atoms with Crippen molar-refractivity contribution in [2.45, 2.75) is 35.5 Å². The van der Waals surface area contributed by atoms with E-state index in [4.69, 9.17) is 19.4 Å². The number of fused-ring (bicyclic) bond motifs is 1. The van der Waals surface area contributed by atoms with Gasteiger partial charge in [0, 0.05) is 24.2 Å². The Balaban J connectivity index is 1.40. The van der Waals surface area contributed by atoms with E-state index in [0.29, 0.717) is 54.1 Å². The van der Waals surface area contributed by atoms with E-state index in [2.05, 4.69) is 20.4 Å². The zero-order valence-corrected chi connectivity index (χ0v) is 20.8. The monoisotopic (exact) mass is 532 g/mol. The lowest BCUT2D eigenvalue weighted by Crippen LogP contribution is -2.25. The van der Waals surface area contributed by atoms with Crippen molar-refractivity contribution in [2.24, 2.45) is 5.16 Å². The van der Waals surface area contributed by atoms with Crippen LogP contribution >= 0.6 is 11.3 Å². The number of anilines is 1. The molecule has 11 nitrogen and oxygen atoms in total. The molecular weight excluding hydrogens is 508 g/mol. The minimum absolute atomic E-state index is 0.0266. The first-order chi connectivity index (χ1) is 17.5. The van der Waals surface area contributed by atoms with Crippen molar-refractivity contribution in [1.29, 1.82) is 0 Å². The second-order valence-electron chi connectivity index (χ2n) is 8.31. The molecule has 2 aliphatic rings. The third kappa shape index (κ3) is 5.33. The number of carbonyl (C=O) groups excluding carboxylic acids is 1. The van der Waals surface area contributed by atoms with E-state index in [9.17, 15) is 13.2 Å². The number of nitrogens with zero attached hydrogens (tertiary/aromatic N) is 3. The van der Waals surface area contributed by atoms with Gasteiger partial charge in [-0.05, 0) is 25.0 Å². The number of aromatic nitrogens is 2. The Morgan fingerprint density at radius 2 is 2.03 bits per heavy atom. The summed E-state index contributed by atoms with van der Waals surface area (Å²) >= 11 is 1.15. The van der Waals surface area contributed by atoms with Gasteiger partial charge in [-0.1, -0.05) is 28.6 Å². The average molecular weight is 533 g/mol. The fraction of sp³-hybridized carbons (Fsp3) is 0.391. The number of oxime groups is 1. The second-order valence-corrected chi connectivity index (χ2v) is 11.5. The molecule has 3 heterocycles. The van der Waals surface area contributed by atoms with Crippen molar-refractivity contribution in [1.82, 2.24) is 9.97 Å². The van der Waals surface area contributed by atoms with Crippen molar-refractivity contribution in [3.05, 3.63) is 42.1 Å². The Labute approximate surface area is 211 Å². The maximum atomic E-state index is 13.3. The molecule has 190 valence electrons. The van der Waals surface area contributed by atoms with Gasteiger partial charge in [-0.2, -0.15) is 0 Å². The molecule has 0 spiro atoms. The van der Waals surface area contributed by atoms with E-state index in [1.165, 1.54) is 12.1 Å². The Bertz CT molecular complexity index is 1380. The first-order valence-corrected chi connectivity index (χ1v) is 13.8. The van der Waals surface area contributed by atoms with Gasteiger partial charge in [0.1, 0.15) is 22.7 Å². The van der Waals surface area contributed by atoms with Crippen LogP contribution in [-0.2, 0) is 24.2 Å². The molecule has 1 aliphatic carbocycles. The van der Waals surface area contributed by atoms with Crippen LogP contribution in [0.4, 0.5) is 5.13 Å². The van der Waals surface area contributed by atoms with Crippen LogP contribution in [0, 0.1) is 0 Å². The van der Waals surface area contributed by atoms with E-state index in [-0.39, 0.29) is 40.3 Å². The molecule has 3 aromatic rings. The number of carbonyl (C=O) groups is 1. The summed E-state index contributed by atoms with van der Waals surface area (Å²) in [6.45, 7) is 0.875. The Kier molecular flexibility index (Phi) is 7.14. The van der Waals surface area contributed by atoms with Gasteiger partial charge >= 0.3 is 0 Å². The maximum absolute atomic E-state index is 13.3. The van der Waals surface area contributed by atoms with Crippen molar-refractivity contribution in [2.75, 3.05) is 31.7 Å². The highest BCUT2D eigenvalue weighted by atomic mass is 32.2. The highest BCUT2D eigenvalue weighted by Gasteiger charge is 2.36. The molecule has 1 aliphatic heterocycles. The summed E-state index contributed by atoms with van der Waals surface area (Å²) in [7, 11) is -3.36. The van der Waals surface area contributed by atoms with Crippen LogP contribution in [0.2, 0.25) is 0 Å². The van der Waals surface area contributed by atoms with Crippen molar-refractivity contribution in [3.63, 3.8) is 0 Å². The molecule has 1 saturated carbocycles. The Morgan fingerprint density at radius 3 is 2.72 bits per heavy atom. The first-order valence-electron chi connectivity index (χ1n) is 11.4. The van der Waals surface area contributed by atoms with Crippen LogP contribution in [0.15, 0.2) is 46.6 Å². The molecule has 1 aromatic carbocycles. The number of hydrogen-bond acceptors (Lipinski definition) is 11. The SMILES string of the molecule is O=C(Nc1nc2c(OCCO)ccnc2s1)/C(=N/O[C@@H]1CCOC1)c1ccc(S(=O)(=O)C2CC2)cc1. The van der Waals surface area contributed by atoms with Crippen LogP contribution in [0.3, 0.4) is 0 Å². The minimum Gasteiger partial charge on any atom is -0.489 e. The van der Waals surface area contributed by atoms with Gasteiger partial charge in [0.15, 0.2) is 26.8 Å². The number of ether oxygens (including phenoxy) is 2. The van der Waals surface area contributed by atoms with Gasteiger partial charge in [0.05, 0.1) is 30.0 Å². The summed E-state index contributed by atoms with van der Waals surface area (Å²) in [6.07, 6.45) is 3.26.